The molecule has 0 N–H and O–H groups in total. The van der Waals surface area contributed by atoms with Crippen LogP contribution in [-0.4, -0.2) is 12.0 Å². The number of rotatable bonds is 2. The summed E-state index contributed by atoms with van der Waals surface area (Å²) in [5.74, 6) is 0.0407. The van der Waals surface area contributed by atoms with Crippen LogP contribution >= 0.6 is 11.6 Å². The number of methoxy groups -OCH3 is 1. The highest BCUT2D eigenvalue weighted by Gasteiger charge is 2.17. The normalized spacial score (nSPS) is 9.21. The van der Waals surface area contributed by atoms with E-state index < -0.39 is 4.92 Å². The van der Waals surface area contributed by atoms with Crippen molar-refractivity contribution >= 4 is 17.3 Å². The van der Waals surface area contributed by atoms with Crippen LogP contribution in [-0.2, 0) is 0 Å². The first-order valence-corrected chi connectivity index (χ1v) is 3.90. The molecule has 6 heteroatoms. The summed E-state index contributed by atoms with van der Waals surface area (Å²) in [6.07, 6.45) is 0. The van der Waals surface area contributed by atoms with Crippen LogP contribution in [0.3, 0.4) is 0 Å². The third-order valence-electron chi connectivity index (χ3n) is 1.59. The fourth-order valence-corrected chi connectivity index (χ4v) is 1.13. The van der Waals surface area contributed by atoms with E-state index >= 15 is 0 Å². The van der Waals surface area contributed by atoms with Gasteiger partial charge in [-0.3, -0.25) is 10.1 Å². The van der Waals surface area contributed by atoms with Gasteiger partial charge in [-0.25, -0.2) is 0 Å². The molecule has 5 nitrogen and oxygen atoms in total. The van der Waals surface area contributed by atoms with Crippen molar-refractivity contribution in [1.29, 1.82) is 5.26 Å². The zero-order valence-corrected chi connectivity index (χ0v) is 7.91. The molecule has 0 fully saturated rings. The second-order valence-corrected chi connectivity index (χ2v) is 2.78. The predicted octanol–water partition coefficient (Wildman–Crippen LogP) is 2.13. The van der Waals surface area contributed by atoms with Crippen molar-refractivity contribution in [1.82, 2.24) is 0 Å². The molecule has 1 rings (SSSR count). The maximum absolute atomic E-state index is 10.5. The van der Waals surface area contributed by atoms with Gasteiger partial charge in [0.15, 0.2) is 5.75 Å². The molecule has 0 radical (unpaired) electrons. The fraction of sp³-hybridized carbons (Fsp3) is 0.125. The second kappa shape index (κ2) is 3.94. The van der Waals surface area contributed by atoms with Crippen LogP contribution in [0.1, 0.15) is 5.56 Å². The Balaban J connectivity index is 3.42. The van der Waals surface area contributed by atoms with Crippen LogP contribution in [0.2, 0.25) is 5.02 Å². The van der Waals surface area contributed by atoms with E-state index in [2.05, 4.69) is 0 Å². The topological polar surface area (TPSA) is 76.2 Å². The Hall–Kier alpha value is -1.80. The van der Waals surface area contributed by atoms with Gasteiger partial charge in [-0.05, 0) is 0 Å². The summed E-state index contributed by atoms with van der Waals surface area (Å²) in [6, 6.07) is 4.08. The second-order valence-electron chi connectivity index (χ2n) is 2.37. The van der Waals surface area contributed by atoms with Crippen LogP contribution in [0.25, 0.3) is 0 Å². The molecule has 1 aromatic rings. The molecule has 0 unspecified atom stereocenters. The van der Waals surface area contributed by atoms with E-state index in [1.165, 1.54) is 13.2 Å². The minimum atomic E-state index is -0.629. The van der Waals surface area contributed by atoms with Gasteiger partial charge in [0.2, 0.25) is 0 Å². The van der Waals surface area contributed by atoms with Gasteiger partial charge in [-0.2, -0.15) is 5.26 Å². The average Bonchev–Trinajstić information content (AvgIpc) is 2.16. The third-order valence-corrected chi connectivity index (χ3v) is 1.90. The molecule has 0 saturated carbocycles. The molecule has 0 aromatic heterocycles. The number of benzene rings is 1. The van der Waals surface area contributed by atoms with Gasteiger partial charge in [-0.1, -0.05) is 11.6 Å². The van der Waals surface area contributed by atoms with Gasteiger partial charge in [0.25, 0.3) is 0 Å². The Morgan fingerprint density at radius 2 is 2.29 bits per heavy atom. The Morgan fingerprint density at radius 1 is 1.64 bits per heavy atom. The number of hydrogen-bond acceptors (Lipinski definition) is 4. The summed E-state index contributed by atoms with van der Waals surface area (Å²) in [5, 5.41) is 19.3. The van der Waals surface area contributed by atoms with Gasteiger partial charge < -0.3 is 4.74 Å². The van der Waals surface area contributed by atoms with Crippen molar-refractivity contribution in [3.05, 3.63) is 32.8 Å². The lowest BCUT2D eigenvalue weighted by atomic mass is 10.2. The van der Waals surface area contributed by atoms with Gasteiger partial charge in [0.05, 0.1) is 22.6 Å². The van der Waals surface area contributed by atoms with Crippen LogP contribution in [0.5, 0.6) is 5.75 Å². The lowest BCUT2D eigenvalue weighted by Crippen LogP contribution is -1.94. The van der Waals surface area contributed by atoms with Crippen molar-refractivity contribution in [2.75, 3.05) is 7.11 Å². The Kier molecular flexibility index (Phi) is 2.89. The summed E-state index contributed by atoms with van der Waals surface area (Å²) >= 11 is 5.66. The van der Waals surface area contributed by atoms with E-state index in [1.807, 2.05) is 0 Å². The van der Waals surface area contributed by atoms with Crippen LogP contribution in [0.4, 0.5) is 5.69 Å². The van der Waals surface area contributed by atoms with E-state index in [0.29, 0.717) is 0 Å². The van der Waals surface area contributed by atoms with Gasteiger partial charge in [0, 0.05) is 12.1 Å². The highest BCUT2D eigenvalue weighted by atomic mass is 35.5. The molecular weight excluding hydrogens is 208 g/mol. The van der Waals surface area contributed by atoms with E-state index in [4.69, 9.17) is 21.6 Å². The molecule has 0 heterocycles. The number of nitro benzene ring substituents is 1. The Labute approximate surface area is 84.6 Å². The first-order chi connectivity index (χ1) is 6.60. The zero-order chi connectivity index (χ0) is 10.7. The van der Waals surface area contributed by atoms with Gasteiger partial charge in [-0.15, -0.1) is 0 Å². The van der Waals surface area contributed by atoms with E-state index in [-0.39, 0.29) is 22.0 Å². The Morgan fingerprint density at radius 3 is 2.71 bits per heavy atom. The van der Waals surface area contributed by atoms with Crippen LogP contribution in [0, 0.1) is 21.4 Å². The standard InChI is InChI=1S/C8H5ClN2O3/c1-14-8-3-6(9)5(4-10)2-7(8)11(12)13/h2-3H,1H3. The molecule has 1 aromatic carbocycles. The molecule has 0 spiro atoms. The van der Waals surface area contributed by atoms with Crippen molar-refractivity contribution in [2.24, 2.45) is 0 Å². The number of nitro groups is 1. The van der Waals surface area contributed by atoms with Gasteiger partial charge in [0.1, 0.15) is 6.07 Å². The number of hydrogen-bond donors (Lipinski definition) is 0. The number of ether oxygens (including phenoxy) is 1. The largest absolute Gasteiger partial charge is 0.490 e. The van der Waals surface area contributed by atoms with Crippen molar-refractivity contribution in [3.63, 3.8) is 0 Å². The average molecular weight is 213 g/mol. The molecule has 0 aliphatic carbocycles. The van der Waals surface area contributed by atoms with Gasteiger partial charge >= 0.3 is 5.69 Å². The molecule has 0 amide bonds. The maximum Gasteiger partial charge on any atom is 0.312 e. The molecule has 0 atom stereocenters. The third kappa shape index (κ3) is 1.75. The molecule has 0 aliphatic rings. The van der Waals surface area contributed by atoms with E-state index in [1.54, 1.807) is 6.07 Å². The minimum Gasteiger partial charge on any atom is -0.490 e. The van der Waals surface area contributed by atoms with Crippen LogP contribution < -0.4 is 4.74 Å². The number of halogens is 1. The summed E-state index contributed by atoms with van der Waals surface area (Å²) in [4.78, 5) is 9.90. The quantitative estimate of drug-likeness (QED) is 0.556. The van der Waals surface area contributed by atoms with Crippen LogP contribution in [0.15, 0.2) is 12.1 Å². The zero-order valence-electron chi connectivity index (χ0n) is 7.15. The Bertz CT molecular complexity index is 425. The molecular formula is C8H5ClN2O3. The first-order valence-electron chi connectivity index (χ1n) is 3.52. The summed E-state index contributed by atoms with van der Waals surface area (Å²) in [6.45, 7) is 0. The summed E-state index contributed by atoms with van der Waals surface area (Å²) < 4.78 is 4.75. The van der Waals surface area contributed by atoms with Crippen molar-refractivity contribution < 1.29 is 9.66 Å². The molecule has 0 saturated heterocycles. The van der Waals surface area contributed by atoms with Crippen molar-refractivity contribution in [2.45, 2.75) is 0 Å². The SMILES string of the molecule is COc1cc(Cl)c(C#N)cc1[N+](=O)[O-]. The summed E-state index contributed by atoms with van der Waals surface area (Å²) in [5.41, 5.74) is -0.215. The molecule has 14 heavy (non-hydrogen) atoms. The highest BCUT2D eigenvalue weighted by molar-refractivity contribution is 6.32. The monoisotopic (exact) mass is 212 g/mol. The molecule has 72 valence electrons. The van der Waals surface area contributed by atoms with Crippen molar-refractivity contribution in [3.8, 4) is 11.8 Å². The minimum absolute atomic E-state index is 0.0407. The fourth-order valence-electron chi connectivity index (χ4n) is 0.935. The summed E-state index contributed by atoms with van der Waals surface area (Å²) in [7, 11) is 1.30. The lowest BCUT2D eigenvalue weighted by Gasteiger charge is -2.02. The number of nitrogens with zero attached hydrogens (tertiary/aromatic N) is 2. The highest BCUT2D eigenvalue weighted by Crippen LogP contribution is 2.32. The lowest BCUT2D eigenvalue weighted by molar-refractivity contribution is -0.385. The number of nitriles is 1. The maximum atomic E-state index is 10.5. The smallest absolute Gasteiger partial charge is 0.312 e. The predicted molar refractivity (Wildman–Crippen MR) is 49.4 cm³/mol. The molecule has 0 bridgehead atoms. The van der Waals surface area contributed by atoms with E-state index in [9.17, 15) is 10.1 Å². The molecule has 0 aliphatic heterocycles. The van der Waals surface area contributed by atoms with E-state index in [0.717, 1.165) is 6.07 Å². The first kappa shape index (κ1) is 10.3.